The van der Waals surface area contributed by atoms with Crippen LogP contribution in [0.15, 0.2) is 16.3 Å². The van der Waals surface area contributed by atoms with Crippen molar-refractivity contribution in [3.05, 3.63) is 17.0 Å². The molecular weight excluding hydrogens is 284 g/mol. The minimum Gasteiger partial charge on any atom is -0.355 e. The summed E-state index contributed by atoms with van der Waals surface area (Å²) in [6.07, 6.45) is 2.73. The molecule has 0 aliphatic heterocycles. The summed E-state index contributed by atoms with van der Waals surface area (Å²) >= 11 is 1.28. The molecule has 0 spiro atoms. The number of aryl methyl sites for hydroxylation is 1. The maximum Gasteiger partial charge on any atom is 0.250 e. The zero-order valence-electron chi connectivity index (χ0n) is 10.8. The number of sulfonamides is 1. The lowest BCUT2D eigenvalue weighted by Gasteiger charge is -2.06. The lowest BCUT2D eigenvalue weighted by atomic mass is 10.4. The maximum absolute atomic E-state index is 11.9. The first kappa shape index (κ1) is 14.5. The van der Waals surface area contributed by atoms with Gasteiger partial charge < -0.3 is 5.32 Å². The smallest absolute Gasteiger partial charge is 0.250 e. The van der Waals surface area contributed by atoms with E-state index in [4.69, 9.17) is 0 Å². The highest BCUT2D eigenvalue weighted by Crippen LogP contribution is 2.28. The van der Waals surface area contributed by atoms with Crippen LogP contribution in [0.2, 0.25) is 0 Å². The molecule has 7 heteroatoms. The normalized spacial score (nSPS) is 15.4. The van der Waals surface area contributed by atoms with Gasteiger partial charge in [-0.2, -0.15) is 0 Å². The minimum absolute atomic E-state index is 0.0311. The van der Waals surface area contributed by atoms with E-state index in [2.05, 4.69) is 10.0 Å². The molecule has 1 aromatic rings. The van der Waals surface area contributed by atoms with Crippen molar-refractivity contribution in [3.8, 4) is 0 Å². The Bertz CT molecular complexity index is 547. The lowest BCUT2D eigenvalue weighted by Crippen LogP contribution is -2.35. The Labute approximate surface area is 117 Å². The number of carbonyl (C=O) groups excluding carboxylic acids is 1. The van der Waals surface area contributed by atoms with Gasteiger partial charge in [0.1, 0.15) is 4.21 Å². The number of rotatable bonds is 7. The zero-order valence-corrected chi connectivity index (χ0v) is 12.4. The van der Waals surface area contributed by atoms with Crippen LogP contribution < -0.4 is 10.0 Å². The molecule has 2 rings (SSSR count). The van der Waals surface area contributed by atoms with E-state index in [1.165, 1.54) is 11.3 Å². The summed E-state index contributed by atoms with van der Waals surface area (Å²) in [4.78, 5) is 12.4. The molecule has 0 bridgehead atoms. The fraction of sp³-hybridized carbons (Fsp3) is 0.583. The molecule has 0 radical (unpaired) electrons. The van der Waals surface area contributed by atoms with Gasteiger partial charge in [0.15, 0.2) is 0 Å². The van der Waals surface area contributed by atoms with Crippen LogP contribution in [0, 0.1) is 5.92 Å². The molecule has 5 nitrogen and oxygen atoms in total. The predicted octanol–water partition coefficient (Wildman–Crippen LogP) is 1.11. The maximum atomic E-state index is 11.9. The van der Waals surface area contributed by atoms with Gasteiger partial charge in [0.25, 0.3) is 0 Å². The van der Waals surface area contributed by atoms with Crippen molar-refractivity contribution in [3.63, 3.8) is 0 Å². The summed E-state index contributed by atoms with van der Waals surface area (Å²) in [6.45, 7) is 2.55. The molecule has 1 heterocycles. The third kappa shape index (κ3) is 4.02. The number of hydrogen-bond acceptors (Lipinski definition) is 4. The van der Waals surface area contributed by atoms with Gasteiger partial charge in [0.2, 0.25) is 15.9 Å². The molecule has 1 aliphatic rings. The van der Waals surface area contributed by atoms with Gasteiger partial charge in [-0.25, -0.2) is 13.1 Å². The third-order valence-corrected chi connectivity index (χ3v) is 6.10. The molecule has 2 N–H and O–H groups in total. The minimum atomic E-state index is -3.43. The molecule has 1 aromatic heterocycles. The highest BCUT2D eigenvalue weighted by atomic mass is 32.2. The predicted molar refractivity (Wildman–Crippen MR) is 74.6 cm³/mol. The standard InChI is InChI=1S/C12H18N2O3S2/c1-2-10-5-6-11(18-10)19(16,17)14-8-7-13-12(15)9-3-4-9/h5-6,9,14H,2-4,7-8H2,1H3,(H,13,15). The Morgan fingerprint density at radius 2 is 2.11 bits per heavy atom. The van der Waals surface area contributed by atoms with Crippen LogP contribution in [0.1, 0.15) is 24.6 Å². The fourth-order valence-corrected chi connectivity index (χ4v) is 4.00. The van der Waals surface area contributed by atoms with Crippen molar-refractivity contribution in [1.29, 1.82) is 0 Å². The van der Waals surface area contributed by atoms with Crippen molar-refractivity contribution < 1.29 is 13.2 Å². The summed E-state index contributed by atoms with van der Waals surface area (Å²) in [7, 11) is -3.43. The quantitative estimate of drug-likeness (QED) is 0.741. The molecule has 1 aliphatic carbocycles. The van der Waals surface area contributed by atoms with Crippen LogP contribution in [0.4, 0.5) is 0 Å². The number of hydrogen-bond donors (Lipinski definition) is 2. The average Bonchev–Trinajstić information content (AvgIpc) is 3.11. The van der Waals surface area contributed by atoms with E-state index in [0.29, 0.717) is 10.8 Å². The second-order valence-electron chi connectivity index (χ2n) is 4.54. The van der Waals surface area contributed by atoms with E-state index in [0.717, 1.165) is 24.1 Å². The topological polar surface area (TPSA) is 75.3 Å². The highest BCUT2D eigenvalue weighted by Gasteiger charge is 2.29. The highest BCUT2D eigenvalue weighted by molar-refractivity contribution is 7.91. The van der Waals surface area contributed by atoms with Crippen molar-refractivity contribution in [2.24, 2.45) is 5.92 Å². The van der Waals surface area contributed by atoms with Crippen LogP contribution in [0.25, 0.3) is 0 Å². The second-order valence-corrected chi connectivity index (χ2v) is 7.70. The van der Waals surface area contributed by atoms with E-state index in [1.807, 2.05) is 13.0 Å². The van der Waals surface area contributed by atoms with Gasteiger partial charge in [-0.15, -0.1) is 11.3 Å². The summed E-state index contributed by atoms with van der Waals surface area (Å²) in [6, 6.07) is 3.45. The molecule has 0 unspecified atom stereocenters. The van der Waals surface area contributed by atoms with Crippen molar-refractivity contribution >= 4 is 27.3 Å². The first-order valence-corrected chi connectivity index (χ1v) is 8.69. The molecule has 1 saturated carbocycles. The van der Waals surface area contributed by atoms with Crippen LogP contribution in [-0.4, -0.2) is 27.4 Å². The number of amides is 1. The van der Waals surface area contributed by atoms with Crippen LogP contribution in [0.3, 0.4) is 0 Å². The summed E-state index contributed by atoms with van der Waals surface area (Å²) in [5.74, 6) is 0.185. The fourth-order valence-electron chi connectivity index (χ4n) is 1.62. The zero-order chi connectivity index (χ0) is 13.9. The van der Waals surface area contributed by atoms with Crippen LogP contribution in [0.5, 0.6) is 0 Å². The number of nitrogens with one attached hydrogen (secondary N) is 2. The summed E-state index contributed by atoms with van der Waals surface area (Å²) in [5.41, 5.74) is 0. The number of carbonyl (C=O) groups is 1. The van der Waals surface area contributed by atoms with Gasteiger partial charge in [0, 0.05) is 23.9 Å². The molecule has 0 saturated heterocycles. The van der Waals surface area contributed by atoms with Crippen LogP contribution in [-0.2, 0) is 21.2 Å². The van der Waals surface area contributed by atoms with Gasteiger partial charge in [-0.1, -0.05) is 6.92 Å². The molecule has 106 valence electrons. The first-order valence-electron chi connectivity index (χ1n) is 6.39. The molecular formula is C12H18N2O3S2. The largest absolute Gasteiger partial charge is 0.355 e. The molecule has 0 aromatic carbocycles. The van der Waals surface area contributed by atoms with E-state index in [9.17, 15) is 13.2 Å². The van der Waals surface area contributed by atoms with Gasteiger partial charge in [-0.05, 0) is 31.4 Å². The molecule has 0 atom stereocenters. The van der Waals surface area contributed by atoms with E-state index in [-0.39, 0.29) is 18.4 Å². The Hall–Kier alpha value is -0.920. The summed E-state index contributed by atoms with van der Waals surface area (Å²) < 4.78 is 26.7. The van der Waals surface area contributed by atoms with Gasteiger partial charge >= 0.3 is 0 Å². The summed E-state index contributed by atoms with van der Waals surface area (Å²) in [5, 5.41) is 2.72. The Morgan fingerprint density at radius 1 is 1.37 bits per heavy atom. The van der Waals surface area contributed by atoms with Crippen molar-refractivity contribution in [1.82, 2.24) is 10.0 Å². The first-order chi connectivity index (χ1) is 9.03. The van der Waals surface area contributed by atoms with Crippen molar-refractivity contribution in [2.45, 2.75) is 30.4 Å². The van der Waals surface area contributed by atoms with E-state index >= 15 is 0 Å². The average molecular weight is 302 g/mol. The van der Waals surface area contributed by atoms with E-state index < -0.39 is 10.0 Å². The van der Waals surface area contributed by atoms with Crippen molar-refractivity contribution in [2.75, 3.05) is 13.1 Å². The van der Waals surface area contributed by atoms with Crippen LogP contribution >= 0.6 is 11.3 Å². The molecule has 1 amide bonds. The lowest BCUT2D eigenvalue weighted by molar-refractivity contribution is -0.122. The Balaban J connectivity index is 1.78. The SMILES string of the molecule is CCc1ccc(S(=O)(=O)NCCNC(=O)C2CC2)s1. The second kappa shape index (κ2) is 6.02. The monoisotopic (exact) mass is 302 g/mol. The van der Waals surface area contributed by atoms with E-state index in [1.54, 1.807) is 6.07 Å². The van der Waals surface area contributed by atoms with Gasteiger partial charge in [0.05, 0.1) is 0 Å². The Kier molecular flexibility index (Phi) is 4.59. The number of thiophene rings is 1. The van der Waals surface area contributed by atoms with Gasteiger partial charge in [-0.3, -0.25) is 4.79 Å². The third-order valence-electron chi connectivity index (χ3n) is 2.91. The molecule has 19 heavy (non-hydrogen) atoms. The molecule has 1 fully saturated rings. The Morgan fingerprint density at radius 3 is 2.68 bits per heavy atom.